The van der Waals surface area contributed by atoms with E-state index in [9.17, 15) is 0 Å². The van der Waals surface area contributed by atoms with Gasteiger partial charge in [0.25, 0.3) is 0 Å². The molecule has 0 radical (unpaired) electrons. The molecule has 1 N–H and O–H groups in total. The number of aromatic nitrogens is 2. The molecule has 0 fully saturated rings. The van der Waals surface area contributed by atoms with Crippen molar-refractivity contribution in [3.8, 4) is 6.07 Å². The number of benzene rings is 2. The summed E-state index contributed by atoms with van der Waals surface area (Å²) in [5.41, 5.74) is 6.01. The highest BCUT2D eigenvalue weighted by molar-refractivity contribution is 6.55. The van der Waals surface area contributed by atoms with E-state index in [4.69, 9.17) is 5.26 Å². The van der Waals surface area contributed by atoms with Crippen LogP contribution in [0.15, 0.2) is 42.6 Å². The summed E-state index contributed by atoms with van der Waals surface area (Å²) in [6.45, 7) is 0. The van der Waals surface area contributed by atoms with Gasteiger partial charge in [-0.3, -0.25) is 5.10 Å². The number of fused-ring (bicyclic) bond motifs is 2. The molecule has 4 heteroatoms. The molecule has 1 atom stereocenters. The second-order valence-electron chi connectivity index (χ2n) is 6.11. The minimum Gasteiger partial charge on any atom is -0.278 e. The summed E-state index contributed by atoms with van der Waals surface area (Å²) >= 11 is 0. The number of nitriles is 1. The highest BCUT2D eigenvalue weighted by Gasteiger charge is 2.22. The molecule has 3 nitrogen and oxygen atoms in total. The average Bonchev–Trinajstić information content (AvgIpc) is 3.02. The Morgan fingerprint density at radius 1 is 1.23 bits per heavy atom. The van der Waals surface area contributed by atoms with Gasteiger partial charge in [-0.15, -0.1) is 0 Å². The first-order valence-corrected chi connectivity index (χ1v) is 7.78. The summed E-state index contributed by atoms with van der Waals surface area (Å²) in [4.78, 5) is 0. The van der Waals surface area contributed by atoms with Crippen LogP contribution in [0.4, 0.5) is 0 Å². The quantitative estimate of drug-likeness (QED) is 0.736. The maximum atomic E-state index is 9.06. The fraction of sp³-hybridized carbons (Fsp3) is 0.222. The first-order chi connectivity index (χ1) is 10.8. The van der Waals surface area contributed by atoms with Crippen LogP contribution in [0.25, 0.3) is 10.9 Å². The number of aromatic amines is 1. The normalized spacial score (nSPS) is 17.0. The Morgan fingerprint density at radius 2 is 2.18 bits per heavy atom. The highest BCUT2D eigenvalue weighted by Crippen LogP contribution is 2.31. The average molecular weight is 285 g/mol. The molecule has 106 valence electrons. The lowest BCUT2D eigenvalue weighted by atomic mass is 9.53. The van der Waals surface area contributed by atoms with Gasteiger partial charge in [-0.1, -0.05) is 30.1 Å². The van der Waals surface area contributed by atoms with Crippen LogP contribution < -0.4 is 5.46 Å². The van der Waals surface area contributed by atoms with Crippen LogP contribution in [0.3, 0.4) is 0 Å². The zero-order chi connectivity index (χ0) is 14.9. The van der Waals surface area contributed by atoms with Crippen LogP contribution in [0, 0.1) is 11.3 Å². The summed E-state index contributed by atoms with van der Waals surface area (Å²) in [5.74, 6) is 0.556. The molecule has 0 amide bonds. The van der Waals surface area contributed by atoms with Crippen molar-refractivity contribution in [2.24, 2.45) is 0 Å². The van der Waals surface area contributed by atoms with Crippen LogP contribution in [0.5, 0.6) is 0 Å². The van der Waals surface area contributed by atoms with E-state index >= 15 is 0 Å². The van der Waals surface area contributed by atoms with Crippen LogP contribution in [-0.4, -0.2) is 17.5 Å². The molecule has 4 rings (SSSR count). The van der Waals surface area contributed by atoms with Gasteiger partial charge in [-0.05, 0) is 48.0 Å². The Hall–Kier alpha value is -2.54. The third-order valence-corrected chi connectivity index (χ3v) is 4.70. The first-order valence-electron chi connectivity index (χ1n) is 7.78. The lowest BCUT2D eigenvalue weighted by Gasteiger charge is -2.25. The molecule has 0 saturated heterocycles. The number of rotatable bonds is 2. The molecule has 0 saturated carbocycles. The number of H-pyrrole nitrogens is 1. The summed E-state index contributed by atoms with van der Waals surface area (Å²) in [6.07, 6.45) is 5.41. The maximum Gasteiger partial charge on any atom is 0.165 e. The van der Waals surface area contributed by atoms with Crippen molar-refractivity contribution in [3.63, 3.8) is 0 Å². The number of nitrogens with zero attached hydrogens (tertiary/aromatic N) is 2. The van der Waals surface area contributed by atoms with E-state index in [0.29, 0.717) is 5.82 Å². The van der Waals surface area contributed by atoms with Crippen LogP contribution in [0.1, 0.15) is 35.3 Å². The minimum absolute atomic E-state index is 0.556. The standard InChI is InChI=1S/C18H16BN3/c20-10-12-4-6-16-13(8-12)2-1-3-17(16)19-15-5-7-18-14(9-15)11-21-22-18/h4-9,11,17,19H,1-3H2,(H,21,22). The molecule has 1 unspecified atom stereocenters. The maximum absolute atomic E-state index is 9.06. The lowest BCUT2D eigenvalue weighted by molar-refractivity contribution is 0.664. The van der Waals surface area contributed by atoms with Gasteiger partial charge < -0.3 is 0 Å². The van der Waals surface area contributed by atoms with Crippen molar-refractivity contribution in [3.05, 3.63) is 59.3 Å². The van der Waals surface area contributed by atoms with Crippen LogP contribution in [-0.2, 0) is 6.42 Å². The monoisotopic (exact) mass is 285 g/mol. The summed E-state index contributed by atoms with van der Waals surface area (Å²) in [5, 5.41) is 17.3. The molecule has 0 bridgehead atoms. The van der Waals surface area contributed by atoms with Gasteiger partial charge in [-0.2, -0.15) is 10.4 Å². The third-order valence-electron chi connectivity index (χ3n) is 4.70. The zero-order valence-electron chi connectivity index (χ0n) is 12.3. The van der Waals surface area contributed by atoms with Crippen molar-refractivity contribution in [2.75, 3.05) is 0 Å². The minimum atomic E-state index is 0.556. The number of nitrogens with one attached hydrogen (secondary N) is 1. The molecule has 22 heavy (non-hydrogen) atoms. The van der Waals surface area contributed by atoms with Crippen molar-refractivity contribution in [1.29, 1.82) is 5.26 Å². The van der Waals surface area contributed by atoms with Gasteiger partial charge in [0.2, 0.25) is 0 Å². The molecule has 1 aromatic heterocycles. The van der Waals surface area contributed by atoms with Crippen molar-refractivity contribution in [2.45, 2.75) is 25.1 Å². The molecule has 1 aliphatic carbocycles. The largest absolute Gasteiger partial charge is 0.278 e. The zero-order valence-corrected chi connectivity index (χ0v) is 12.3. The lowest BCUT2D eigenvalue weighted by Crippen LogP contribution is -2.25. The fourth-order valence-corrected chi connectivity index (χ4v) is 3.60. The Kier molecular flexibility index (Phi) is 3.19. The number of hydrogen-bond acceptors (Lipinski definition) is 2. The second-order valence-corrected chi connectivity index (χ2v) is 6.11. The molecular formula is C18H16BN3. The molecule has 1 heterocycles. The Bertz CT molecular complexity index is 875. The van der Waals surface area contributed by atoms with Crippen molar-refractivity contribution >= 4 is 23.6 Å². The van der Waals surface area contributed by atoms with E-state index in [1.165, 1.54) is 34.8 Å². The molecular weight excluding hydrogens is 269 g/mol. The summed E-state index contributed by atoms with van der Waals surface area (Å²) in [6, 6.07) is 15.0. The van der Waals surface area contributed by atoms with Gasteiger partial charge in [0.1, 0.15) is 0 Å². The molecule has 1 aliphatic rings. The van der Waals surface area contributed by atoms with E-state index in [1.807, 2.05) is 12.3 Å². The SMILES string of the molecule is N#Cc1ccc2c(c1)CCCC2Bc1ccc2[nH]ncc2c1. The molecule has 0 spiro atoms. The van der Waals surface area contributed by atoms with Crippen LogP contribution >= 0.6 is 0 Å². The van der Waals surface area contributed by atoms with Crippen molar-refractivity contribution in [1.82, 2.24) is 10.2 Å². The predicted octanol–water partition coefficient (Wildman–Crippen LogP) is 2.57. The topological polar surface area (TPSA) is 52.5 Å². The second kappa shape index (κ2) is 5.34. The fourth-order valence-electron chi connectivity index (χ4n) is 3.60. The highest BCUT2D eigenvalue weighted by atomic mass is 15.1. The molecule has 2 aromatic carbocycles. The summed E-state index contributed by atoms with van der Waals surface area (Å²) < 4.78 is 0. The van der Waals surface area contributed by atoms with E-state index < -0.39 is 0 Å². The number of aryl methyl sites for hydroxylation is 1. The molecule has 3 aromatic rings. The predicted molar refractivity (Wildman–Crippen MR) is 89.7 cm³/mol. The van der Waals surface area contributed by atoms with Gasteiger partial charge in [-0.25, -0.2) is 0 Å². The number of hydrogen-bond donors (Lipinski definition) is 1. The van der Waals surface area contributed by atoms with Crippen molar-refractivity contribution < 1.29 is 0 Å². The van der Waals surface area contributed by atoms with E-state index in [0.717, 1.165) is 24.8 Å². The molecule has 0 aliphatic heterocycles. The van der Waals surface area contributed by atoms with E-state index in [1.54, 1.807) is 0 Å². The Morgan fingerprint density at radius 3 is 3.09 bits per heavy atom. The first kappa shape index (κ1) is 13.2. The van der Waals surface area contributed by atoms with Gasteiger partial charge >= 0.3 is 0 Å². The van der Waals surface area contributed by atoms with E-state index in [2.05, 4.69) is 46.6 Å². The van der Waals surface area contributed by atoms with Crippen LogP contribution in [0.2, 0.25) is 0 Å². The Labute approximate surface area is 130 Å². The van der Waals surface area contributed by atoms with Gasteiger partial charge in [0, 0.05) is 5.39 Å². The third kappa shape index (κ3) is 2.29. The van der Waals surface area contributed by atoms with E-state index in [-0.39, 0.29) is 0 Å². The van der Waals surface area contributed by atoms with Gasteiger partial charge in [0.05, 0.1) is 23.3 Å². The Balaban J connectivity index is 1.65. The summed E-state index contributed by atoms with van der Waals surface area (Å²) in [7, 11) is 1.06. The smallest absolute Gasteiger partial charge is 0.165 e. The van der Waals surface area contributed by atoms with Gasteiger partial charge in [0.15, 0.2) is 7.28 Å².